The molecular formula is C17H27N3. The smallest absolute Gasteiger partial charge is 0.0469 e. The van der Waals surface area contributed by atoms with Crippen LogP contribution in [0.2, 0.25) is 0 Å². The quantitative estimate of drug-likeness (QED) is 0.475. The van der Waals surface area contributed by atoms with Gasteiger partial charge in [-0.2, -0.15) is 0 Å². The third-order valence-electron chi connectivity index (χ3n) is 4.21. The van der Waals surface area contributed by atoms with Crippen LogP contribution >= 0.6 is 0 Å². The molecule has 1 aromatic rings. The molecule has 1 aliphatic heterocycles. The first-order chi connectivity index (χ1) is 9.72. The summed E-state index contributed by atoms with van der Waals surface area (Å²) in [5.74, 6) is 5.70. The summed E-state index contributed by atoms with van der Waals surface area (Å²) in [6.45, 7) is 8.54. The van der Waals surface area contributed by atoms with E-state index in [0.717, 1.165) is 25.9 Å². The Hall–Kier alpha value is -1.16. The van der Waals surface area contributed by atoms with Crippen LogP contribution in [-0.4, -0.2) is 30.1 Å². The van der Waals surface area contributed by atoms with Gasteiger partial charge in [-0.15, -0.1) is 0 Å². The molecule has 0 bridgehead atoms. The zero-order chi connectivity index (χ0) is 14.4. The number of benzene rings is 1. The van der Waals surface area contributed by atoms with E-state index in [9.17, 15) is 0 Å². The average Bonchev–Trinajstić information content (AvgIpc) is 2.47. The fraction of sp³-hybridized carbons (Fsp3) is 0.529. The highest BCUT2D eigenvalue weighted by Crippen LogP contribution is 2.22. The maximum atomic E-state index is 5.70. The Morgan fingerprint density at radius 1 is 1.40 bits per heavy atom. The van der Waals surface area contributed by atoms with Gasteiger partial charge in [0.1, 0.15) is 0 Å². The zero-order valence-electron chi connectivity index (χ0n) is 12.5. The van der Waals surface area contributed by atoms with E-state index in [-0.39, 0.29) is 0 Å². The molecule has 0 unspecified atom stereocenters. The lowest BCUT2D eigenvalue weighted by molar-refractivity contribution is 0.134. The van der Waals surface area contributed by atoms with Crippen molar-refractivity contribution in [3.63, 3.8) is 0 Å². The molecule has 1 aliphatic rings. The molecule has 0 aliphatic carbocycles. The number of hydrazine groups is 1. The largest absolute Gasteiger partial charge is 0.295 e. The van der Waals surface area contributed by atoms with Crippen LogP contribution in [0.25, 0.3) is 0 Å². The van der Waals surface area contributed by atoms with Crippen LogP contribution in [-0.2, 0) is 6.42 Å². The van der Waals surface area contributed by atoms with E-state index >= 15 is 0 Å². The fourth-order valence-electron chi connectivity index (χ4n) is 3.28. The second-order valence-electron chi connectivity index (χ2n) is 5.83. The molecule has 2 atom stereocenters. The zero-order valence-corrected chi connectivity index (χ0v) is 12.5. The molecule has 1 saturated heterocycles. The number of hydrogen-bond donors (Lipinski definition) is 2. The number of nitrogens with zero attached hydrogens (tertiary/aromatic N) is 1. The predicted octanol–water partition coefficient (Wildman–Crippen LogP) is 2.49. The molecular weight excluding hydrogens is 246 g/mol. The van der Waals surface area contributed by atoms with E-state index in [1.807, 2.05) is 0 Å². The van der Waals surface area contributed by atoms with Gasteiger partial charge in [-0.05, 0) is 51.3 Å². The Balaban J connectivity index is 1.88. The normalized spacial score (nSPS) is 23.7. The lowest BCUT2D eigenvalue weighted by Crippen LogP contribution is -2.56. The highest BCUT2D eigenvalue weighted by molar-refractivity contribution is 5.15. The molecule has 0 aromatic heterocycles. The van der Waals surface area contributed by atoms with Gasteiger partial charge in [0.15, 0.2) is 0 Å². The number of nitrogens with one attached hydrogen (secondary N) is 1. The molecule has 0 amide bonds. The van der Waals surface area contributed by atoms with Gasteiger partial charge in [0.05, 0.1) is 0 Å². The molecule has 3 nitrogen and oxygen atoms in total. The number of hydrogen-bond acceptors (Lipinski definition) is 3. The summed E-state index contributed by atoms with van der Waals surface area (Å²) < 4.78 is 0. The maximum absolute atomic E-state index is 5.70. The van der Waals surface area contributed by atoms with E-state index in [1.165, 1.54) is 24.0 Å². The van der Waals surface area contributed by atoms with Gasteiger partial charge in [0.25, 0.3) is 0 Å². The number of aryl methyl sites for hydroxylation is 1. The standard InChI is InChI=1S/C17H27N3/c1-14(2)17-16(19-18)11-7-13-20(17)12-6-10-15-8-4-3-5-9-15/h3-5,8-9,16-17,19H,1,6-7,10-13,18H2,2H3/t16-,17-/m0/s1. The van der Waals surface area contributed by atoms with Crippen LogP contribution in [0.15, 0.2) is 42.5 Å². The highest BCUT2D eigenvalue weighted by Gasteiger charge is 2.30. The average molecular weight is 273 g/mol. The summed E-state index contributed by atoms with van der Waals surface area (Å²) in [7, 11) is 0. The van der Waals surface area contributed by atoms with Crippen molar-refractivity contribution in [2.45, 2.75) is 44.7 Å². The minimum atomic E-state index is 0.345. The topological polar surface area (TPSA) is 41.3 Å². The minimum Gasteiger partial charge on any atom is -0.295 e. The Morgan fingerprint density at radius 3 is 2.80 bits per heavy atom. The molecule has 2 rings (SSSR count). The van der Waals surface area contributed by atoms with E-state index in [2.05, 4.69) is 54.2 Å². The van der Waals surface area contributed by atoms with Crippen LogP contribution in [0.5, 0.6) is 0 Å². The van der Waals surface area contributed by atoms with Crippen molar-refractivity contribution in [2.75, 3.05) is 13.1 Å². The number of rotatable bonds is 6. The van der Waals surface area contributed by atoms with Gasteiger partial charge >= 0.3 is 0 Å². The molecule has 1 fully saturated rings. The van der Waals surface area contributed by atoms with Crippen molar-refractivity contribution in [3.8, 4) is 0 Å². The molecule has 0 spiro atoms. The van der Waals surface area contributed by atoms with Crippen molar-refractivity contribution >= 4 is 0 Å². The Morgan fingerprint density at radius 2 is 2.15 bits per heavy atom. The van der Waals surface area contributed by atoms with Gasteiger partial charge in [0.2, 0.25) is 0 Å². The lowest BCUT2D eigenvalue weighted by atomic mass is 9.91. The monoisotopic (exact) mass is 273 g/mol. The lowest BCUT2D eigenvalue weighted by Gasteiger charge is -2.41. The Bertz CT molecular complexity index is 416. The molecule has 1 heterocycles. The molecule has 3 N–H and O–H groups in total. The van der Waals surface area contributed by atoms with E-state index < -0.39 is 0 Å². The van der Waals surface area contributed by atoms with Crippen LogP contribution < -0.4 is 11.3 Å². The van der Waals surface area contributed by atoms with E-state index in [4.69, 9.17) is 5.84 Å². The highest BCUT2D eigenvalue weighted by atomic mass is 15.3. The summed E-state index contributed by atoms with van der Waals surface area (Å²) in [5.41, 5.74) is 5.61. The predicted molar refractivity (Wildman–Crippen MR) is 85.3 cm³/mol. The molecule has 0 radical (unpaired) electrons. The van der Waals surface area contributed by atoms with E-state index in [1.54, 1.807) is 0 Å². The Kier molecular flexibility index (Phi) is 5.77. The summed E-state index contributed by atoms with van der Waals surface area (Å²) in [5, 5.41) is 0. The van der Waals surface area contributed by atoms with Gasteiger partial charge in [-0.1, -0.05) is 42.5 Å². The molecule has 0 saturated carbocycles. The van der Waals surface area contributed by atoms with Gasteiger partial charge < -0.3 is 0 Å². The van der Waals surface area contributed by atoms with Gasteiger partial charge in [0, 0.05) is 12.1 Å². The van der Waals surface area contributed by atoms with Gasteiger partial charge in [-0.3, -0.25) is 16.2 Å². The Labute approximate surface area is 122 Å². The van der Waals surface area contributed by atoms with Crippen molar-refractivity contribution in [2.24, 2.45) is 5.84 Å². The first-order valence-corrected chi connectivity index (χ1v) is 7.62. The first-order valence-electron chi connectivity index (χ1n) is 7.62. The van der Waals surface area contributed by atoms with Crippen LogP contribution in [0.1, 0.15) is 31.7 Å². The minimum absolute atomic E-state index is 0.345. The van der Waals surface area contributed by atoms with Crippen molar-refractivity contribution in [1.29, 1.82) is 0 Å². The SMILES string of the molecule is C=C(C)[C@H]1[C@@H](NN)CCCN1CCCc1ccccc1. The fourth-order valence-corrected chi connectivity index (χ4v) is 3.28. The molecule has 110 valence electrons. The first kappa shape index (κ1) is 15.2. The van der Waals surface area contributed by atoms with E-state index in [0.29, 0.717) is 12.1 Å². The number of piperidine rings is 1. The van der Waals surface area contributed by atoms with Crippen LogP contribution in [0.3, 0.4) is 0 Å². The molecule has 20 heavy (non-hydrogen) atoms. The van der Waals surface area contributed by atoms with Crippen molar-refractivity contribution in [1.82, 2.24) is 10.3 Å². The van der Waals surface area contributed by atoms with Crippen LogP contribution in [0, 0.1) is 0 Å². The van der Waals surface area contributed by atoms with Crippen LogP contribution in [0.4, 0.5) is 0 Å². The van der Waals surface area contributed by atoms with Crippen molar-refractivity contribution in [3.05, 3.63) is 48.0 Å². The summed E-state index contributed by atoms with van der Waals surface area (Å²) in [6.07, 6.45) is 4.68. The molecule has 1 aromatic carbocycles. The molecule has 3 heteroatoms. The number of likely N-dealkylation sites (tertiary alicyclic amines) is 1. The second-order valence-corrected chi connectivity index (χ2v) is 5.83. The maximum Gasteiger partial charge on any atom is 0.0469 e. The third kappa shape index (κ3) is 3.92. The summed E-state index contributed by atoms with van der Waals surface area (Å²) in [6, 6.07) is 11.4. The summed E-state index contributed by atoms with van der Waals surface area (Å²) >= 11 is 0. The van der Waals surface area contributed by atoms with Crippen molar-refractivity contribution < 1.29 is 0 Å². The summed E-state index contributed by atoms with van der Waals surface area (Å²) in [4.78, 5) is 2.54. The second kappa shape index (κ2) is 7.58. The van der Waals surface area contributed by atoms with Gasteiger partial charge in [-0.25, -0.2) is 0 Å². The third-order valence-corrected chi connectivity index (χ3v) is 4.21. The number of nitrogens with two attached hydrogens (primary N) is 1.